The third kappa shape index (κ3) is 8.57. The number of carboxylic acid groups (broad SMARTS) is 1. The molecule has 0 radical (unpaired) electrons. The molecule has 1 unspecified atom stereocenters. The Hall–Kier alpha value is -2.04. The molecule has 0 bridgehead atoms. The van der Waals surface area contributed by atoms with E-state index < -0.39 is 11.6 Å². The van der Waals surface area contributed by atoms with Crippen LogP contribution in [-0.2, 0) is 22.4 Å². The summed E-state index contributed by atoms with van der Waals surface area (Å²) in [6.07, 6.45) is 3.15. The first-order chi connectivity index (χ1) is 11.6. The minimum absolute atomic E-state index is 0.0382. The predicted octanol–water partition coefficient (Wildman–Crippen LogP) is 4.28. The van der Waals surface area contributed by atoms with Crippen LogP contribution in [0.3, 0.4) is 0 Å². The van der Waals surface area contributed by atoms with Crippen LogP contribution in [0, 0.1) is 0 Å². The van der Waals surface area contributed by atoms with Crippen molar-refractivity contribution in [1.29, 1.82) is 0 Å². The van der Waals surface area contributed by atoms with Gasteiger partial charge in [-0.05, 0) is 64.5 Å². The highest BCUT2D eigenvalue weighted by molar-refractivity contribution is 5.68. The molecule has 0 aromatic heterocycles. The summed E-state index contributed by atoms with van der Waals surface area (Å²) >= 11 is 0. The smallest absolute Gasteiger partial charge is 0.410 e. The number of hydrogen-bond donors (Lipinski definition) is 1. The summed E-state index contributed by atoms with van der Waals surface area (Å²) in [6, 6.07) is 8.35. The van der Waals surface area contributed by atoms with E-state index in [2.05, 4.69) is 24.3 Å². The lowest BCUT2D eigenvalue weighted by molar-refractivity contribution is -0.137. The molecule has 5 nitrogen and oxygen atoms in total. The highest BCUT2D eigenvalue weighted by Crippen LogP contribution is 2.15. The summed E-state index contributed by atoms with van der Waals surface area (Å²) in [4.78, 5) is 24.2. The van der Waals surface area contributed by atoms with Crippen LogP contribution in [0.5, 0.6) is 0 Å². The van der Waals surface area contributed by atoms with Gasteiger partial charge in [0, 0.05) is 19.5 Å². The first kappa shape index (κ1) is 21.0. The Kier molecular flexibility index (Phi) is 7.94. The average molecular weight is 349 g/mol. The van der Waals surface area contributed by atoms with Crippen molar-refractivity contribution >= 4 is 12.1 Å². The number of hydrogen-bond acceptors (Lipinski definition) is 3. The number of aliphatic carboxylic acids is 1. The molecule has 0 aliphatic carbocycles. The molecule has 0 saturated heterocycles. The standard InChI is InChI=1S/C20H31NO4/c1-15(21(5)19(24)25-20(2,3)4)14-17-12-10-16(11-13-17)8-6-7-9-18(22)23/h10-13,15H,6-9,14H2,1-5H3,(H,22,23). The molecule has 1 amide bonds. The van der Waals surface area contributed by atoms with Crippen molar-refractivity contribution in [3.63, 3.8) is 0 Å². The number of carbonyl (C=O) groups is 2. The summed E-state index contributed by atoms with van der Waals surface area (Å²) in [7, 11) is 1.76. The van der Waals surface area contributed by atoms with E-state index in [4.69, 9.17) is 9.84 Å². The molecule has 1 atom stereocenters. The second-order valence-corrected chi connectivity index (χ2v) is 7.56. The minimum atomic E-state index is -0.738. The summed E-state index contributed by atoms with van der Waals surface area (Å²) in [5.41, 5.74) is 1.88. The normalized spacial score (nSPS) is 12.5. The van der Waals surface area contributed by atoms with Crippen molar-refractivity contribution < 1.29 is 19.4 Å². The van der Waals surface area contributed by atoms with Crippen molar-refractivity contribution in [2.45, 2.75) is 71.4 Å². The zero-order chi connectivity index (χ0) is 19.0. The molecule has 0 fully saturated rings. The molecule has 25 heavy (non-hydrogen) atoms. The van der Waals surface area contributed by atoms with Gasteiger partial charge in [-0.25, -0.2) is 4.79 Å². The molecule has 1 aromatic rings. The van der Waals surface area contributed by atoms with Crippen molar-refractivity contribution in [2.24, 2.45) is 0 Å². The Morgan fingerprint density at radius 3 is 2.20 bits per heavy atom. The van der Waals surface area contributed by atoms with Crippen LogP contribution >= 0.6 is 0 Å². The number of carbonyl (C=O) groups excluding carboxylic acids is 1. The molecule has 0 spiro atoms. The second kappa shape index (κ2) is 9.44. The summed E-state index contributed by atoms with van der Waals surface area (Å²) in [5.74, 6) is -0.738. The monoisotopic (exact) mass is 349 g/mol. The van der Waals surface area contributed by atoms with E-state index in [0.717, 1.165) is 24.8 Å². The van der Waals surface area contributed by atoms with Crippen LogP contribution in [0.15, 0.2) is 24.3 Å². The van der Waals surface area contributed by atoms with Crippen LogP contribution in [0.25, 0.3) is 0 Å². The number of unbranched alkanes of at least 4 members (excludes halogenated alkanes) is 1. The van der Waals surface area contributed by atoms with Crippen molar-refractivity contribution in [2.75, 3.05) is 7.05 Å². The second-order valence-electron chi connectivity index (χ2n) is 7.56. The maximum Gasteiger partial charge on any atom is 0.410 e. The van der Waals surface area contributed by atoms with Gasteiger partial charge in [0.2, 0.25) is 0 Å². The molecule has 0 aliphatic rings. The summed E-state index contributed by atoms with van der Waals surface area (Å²) in [6.45, 7) is 7.58. The number of rotatable bonds is 8. The topological polar surface area (TPSA) is 66.8 Å². The molecule has 1 N–H and O–H groups in total. The number of aryl methyl sites for hydroxylation is 1. The van der Waals surface area contributed by atoms with Gasteiger partial charge in [-0.1, -0.05) is 24.3 Å². The van der Waals surface area contributed by atoms with Crippen LogP contribution in [0.4, 0.5) is 4.79 Å². The molecule has 0 saturated carbocycles. The highest BCUT2D eigenvalue weighted by Gasteiger charge is 2.22. The zero-order valence-electron chi connectivity index (χ0n) is 16.0. The summed E-state index contributed by atoms with van der Waals surface area (Å²) < 4.78 is 5.39. The fourth-order valence-electron chi connectivity index (χ4n) is 2.44. The lowest BCUT2D eigenvalue weighted by Gasteiger charge is -2.28. The third-order valence-corrected chi connectivity index (χ3v) is 4.00. The van der Waals surface area contributed by atoms with E-state index in [1.54, 1.807) is 11.9 Å². The first-order valence-corrected chi connectivity index (χ1v) is 8.84. The maximum atomic E-state index is 12.1. The van der Waals surface area contributed by atoms with E-state index in [0.29, 0.717) is 6.42 Å². The first-order valence-electron chi connectivity index (χ1n) is 8.84. The van der Waals surface area contributed by atoms with Gasteiger partial charge in [0.1, 0.15) is 5.60 Å². The number of amides is 1. The zero-order valence-corrected chi connectivity index (χ0v) is 16.0. The van der Waals surface area contributed by atoms with Gasteiger partial charge in [0.15, 0.2) is 0 Å². The van der Waals surface area contributed by atoms with Crippen molar-refractivity contribution in [1.82, 2.24) is 4.90 Å². The number of likely N-dealkylation sites (N-methyl/N-ethyl adjacent to an activating group) is 1. The van der Waals surface area contributed by atoms with Gasteiger partial charge in [0.25, 0.3) is 0 Å². The van der Waals surface area contributed by atoms with Gasteiger partial charge < -0.3 is 14.7 Å². The van der Waals surface area contributed by atoms with Gasteiger partial charge in [-0.2, -0.15) is 0 Å². The highest BCUT2D eigenvalue weighted by atomic mass is 16.6. The van der Waals surface area contributed by atoms with Gasteiger partial charge in [-0.3, -0.25) is 4.79 Å². The number of nitrogens with zero attached hydrogens (tertiary/aromatic N) is 1. The Labute approximate surface area is 151 Å². The largest absolute Gasteiger partial charge is 0.481 e. The predicted molar refractivity (Wildman–Crippen MR) is 98.8 cm³/mol. The molecular weight excluding hydrogens is 318 g/mol. The number of benzene rings is 1. The number of ether oxygens (including phenoxy) is 1. The molecule has 0 heterocycles. The van der Waals surface area contributed by atoms with Gasteiger partial charge in [0.05, 0.1) is 0 Å². The molecule has 1 rings (SSSR count). The van der Waals surface area contributed by atoms with Crippen LogP contribution in [0.2, 0.25) is 0 Å². The Bertz CT molecular complexity index is 560. The Morgan fingerprint density at radius 1 is 1.12 bits per heavy atom. The fourth-order valence-corrected chi connectivity index (χ4v) is 2.44. The van der Waals surface area contributed by atoms with Gasteiger partial charge in [-0.15, -0.1) is 0 Å². The molecule has 1 aromatic carbocycles. The molecule has 140 valence electrons. The van der Waals surface area contributed by atoms with Crippen LogP contribution in [0.1, 0.15) is 58.1 Å². The fraction of sp³-hybridized carbons (Fsp3) is 0.600. The number of carboxylic acids is 1. The summed E-state index contributed by atoms with van der Waals surface area (Å²) in [5, 5.41) is 8.64. The van der Waals surface area contributed by atoms with E-state index >= 15 is 0 Å². The lowest BCUT2D eigenvalue weighted by atomic mass is 10.0. The SMILES string of the molecule is CC(Cc1ccc(CCCCC(=O)O)cc1)N(C)C(=O)OC(C)(C)C. The van der Waals surface area contributed by atoms with E-state index in [1.165, 1.54) is 5.56 Å². The van der Waals surface area contributed by atoms with E-state index in [9.17, 15) is 9.59 Å². The lowest BCUT2D eigenvalue weighted by Crippen LogP contribution is -2.40. The Morgan fingerprint density at radius 2 is 1.68 bits per heavy atom. The average Bonchev–Trinajstić information content (AvgIpc) is 2.50. The van der Waals surface area contributed by atoms with Crippen molar-refractivity contribution in [3.05, 3.63) is 35.4 Å². The van der Waals surface area contributed by atoms with Gasteiger partial charge >= 0.3 is 12.1 Å². The van der Waals surface area contributed by atoms with E-state index in [-0.39, 0.29) is 18.6 Å². The molecule has 0 aliphatic heterocycles. The van der Waals surface area contributed by atoms with Crippen LogP contribution in [-0.4, -0.2) is 40.8 Å². The Balaban J connectivity index is 2.48. The van der Waals surface area contributed by atoms with Crippen LogP contribution < -0.4 is 0 Å². The van der Waals surface area contributed by atoms with E-state index in [1.807, 2.05) is 27.7 Å². The maximum absolute atomic E-state index is 12.1. The molecule has 5 heteroatoms. The third-order valence-electron chi connectivity index (χ3n) is 4.00. The minimum Gasteiger partial charge on any atom is -0.481 e. The van der Waals surface area contributed by atoms with Crippen molar-refractivity contribution in [3.8, 4) is 0 Å². The molecular formula is C20H31NO4. The quantitative estimate of drug-likeness (QED) is 0.711.